The van der Waals surface area contributed by atoms with Gasteiger partial charge < -0.3 is 10.5 Å². The fourth-order valence-electron chi connectivity index (χ4n) is 0.815. The molecule has 0 aromatic heterocycles. The molecular formula is C7H15N3O3. The lowest BCUT2D eigenvalue weighted by Crippen LogP contribution is -2.48. The van der Waals surface area contributed by atoms with Crippen molar-refractivity contribution in [1.29, 1.82) is 0 Å². The zero-order chi connectivity index (χ0) is 10.6. The molecule has 0 radical (unpaired) electrons. The Labute approximate surface area is 76.6 Å². The van der Waals surface area contributed by atoms with Crippen molar-refractivity contribution in [1.82, 2.24) is 5.43 Å². The highest BCUT2D eigenvalue weighted by Crippen LogP contribution is 2.22. The van der Waals surface area contributed by atoms with E-state index in [9.17, 15) is 9.59 Å². The van der Waals surface area contributed by atoms with Gasteiger partial charge in [0.05, 0.1) is 0 Å². The van der Waals surface area contributed by atoms with Crippen LogP contribution in [0.25, 0.3) is 0 Å². The van der Waals surface area contributed by atoms with Crippen LogP contribution in [0.1, 0.15) is 20.8 Å². The average molecular weight is 189 g/mol. The molecule has 0 spiro atoms. The largest absolute Gasteiger partial charge is 0.436 e. The molecule has 6 heteroatoms. The van der Waals surface area contributed by atoms with Crippen LogP contribution in [0.2, 0.25) is 0 Å². The summed E-state index contributed by atoms with van der Waals surface area (Å²) >= 11 is 0. The summed E-state index contributed by atoms with van der Waals surface area (Å²) < 4.78 is 4.61. The van der Waals surface area contributed by atoms with Crippen LogP contribution < -0.4 is 17.0 Å². The van der Waals surface area contributed by atoms with E-state index in [1.54, 1.807) is 20.8 Å². The van der Waals surface area contributed by atoms with Gasteiger partial charge in [0.15, 0.2) is 6.10 Å². The third-order valence-electron chi connectivity index (χ3n) is 1.40. The average Bonchev–Trinajstić information content (AvgIpc) is 1.96. The molecule has 0 fully saturated rings. The van der Waals surface area contributed by atoms with E-state index in [1.807, 2.05) is 5.43 Å². The summed E-state index contributed by atoms with van der Waals surface area (Å²) in [5.74, 6) is 4.34. The normalized spacial score (nSPS) is 13.2. The summed E-state index contributed by atoms with van der Waals surface area (Å²) in [6.45, 7) is 5.20. The van der Waals surface area contributed by atoms with Crippen molar-refractivity contribution in [3.8, 4) is 0 Å². The summed E-state index contributed by atoms with van der Waals surface area (Å²) in [6, 6.07) is 0. The van der Waals surface area contributed by atoms with Gasteiger partial charge in [0.25, 0.3) is 5.91 Å². The number of carbonyl (C=O) groups is 2. The molecule has 0 saturated heterocycles. The summed E-state index contributed by atoms with van der Waals surface area (Å²) in [6.07, 6.45) is -1.97. The molecule has 6 nitrogen and oxygen atoms in total. The SMILES string of the molecule is CC(C)(C)[C@H](OC(N)=O)C(=O)NN. The monoisotopic (exact) mass is 189 g/mol. The van der Waals surface area contributed by atoms with Crippen LogP contribution in [0.15, 0.2) is 0 Å². The summed E-state index contributed by atoms with van der Waals surface area (Å²) in [5, 5.41) is 0. The quantitative estimate of drug-likeness (QED) is 0.309. The Kier molecular flexibility index (Phi) is 3.68. The van der Waals surface area contributed by atoms with Crippen LogP contribution in [0.4, 0.5) is 4.79 Å². The van der Waals surface area contributed by atoms with Crippen molar-refractivity contribution >= 4 is 12.0 Å². The Morgan fingerprint density at radius 1 is 1.38 bits per heavy atom. The highest BCUT2D eigenvalue weighted by molar-refractivity contribution is 5.83. The Morgan fingerprint density at radius 3 is 2.08 bits per heavy atom. The Balaban J connectivity index is 4.56. The molecule has 5 N–H and O–H groups in total. The van der Waals surface area contributed by atoms with Crippen molar-refractivity contribution in [2.75, 3.05) is 0 Å². The second-order valence-corrected chi connectivity index (χ2v) is 3.69. The number of primary amides is 1. The van der Waals surface area contributed by atoms with Crippen LogP contribution in [0.3, 0.4) is 0 Å². The fraction of sp³-hybridized carbons (Fsp3) is 0.714. The van der Waals surface area contributed by atoms with Gasteiger partial charge in [0, 0.05) is 5.41 Å². The van der Waals surface area contributed by atoms with E-state index in [-0.39, 0.29) is 0 Å². The maximum absolute atomic E-state index is 11.1. The minimum absolute atomic E-state index is 0.543. The minimum atomic E-state index is -0.997. The highest BCUT2D eigenvalue weighted by atomic mass is 16.6. The lowest BCUT2D eigenvalue weighted by atomic mass is 9.88. The summed E-state index contributed by atoms with van der Waals surface area (Å²) in [4.78, 5) is 21.6. The van der Waals surface area contributed by atoms with Gasteiger partial charge in [0.2, 0.25) is 0 Å². The predicted octanol–water partition coefficient (Wildman–Crippen LogP) is -0.514. The minimum Gasteiger partial charge on any atom is -0.436 e. The van der Waals surface area contributed by atoms with Gasteiger partial charge in [-0.15, -0.1) is 0 Å². The van der Waals surface area contributed by atoms with E-state index >= 15 is 0 Å². The number of nitrogens with two attached hydrogens (primary N) is 2. The molecule has 0 rings (SSSR count). The van der Waals surface area contributed by atoms with Gasteiger partial charge in [0.1, 0.15) is 0 Å². The van der Waals surface area contributed by atoms with Crippen LogP contribution in [0.5, 0.6) is 0 Å². The van der Waals surface area contributed by atoms with Crippen molar-refractivity contribution in [3.05, 3.63) is 0 Å². The third kappa shape index (κ3) is 3.75. The Morgan fingerprint density at radius 2 is 1.85 bits per heavy atom. The van der Waals surface area contributed by atoms with E-state index in [4.69, 9.17) is 11.6 Å². The summed E-state index contributed by atoms with van der Waals surface area (Å²) in [5.41, 5.74) is 6.16. The van der Waals surface area contributed by atoms with E-state index in [1.165, 1.54) is 0 Å². The van der Waals surface area contributed by atoms with Crippen LogP contribution in [0, 0.1) is 5.41 Å². The number of nitrogens with one attached hydrogen (secondary N) is 1. The van der Waals surface area contributed by atoms with Crippen molar-refractivity contribution in [3.63, 3.8) is 0 Å². The van der Waals surface area contributed by atoms with Gasteiger partial charge in [-0.05, 0) is 0 Å². The molecule has 76 valence electrons. The van der Waals surface area contributed by atoms with Crippen LogP contribution in [-0.4, -0.2) is 18.1 Å². The highest BCUT2D eigenvalue weighted by Gasteiger charge is 2.34. The first-order chi connectivity index (χ1) is 5.79. The Bertz CT molecular complexity index is 210. The van der Waals surface area contributed by atoms with Crippen molar-refractivity contribution < 1.29 is 14.3 Å². The predicted molar refractivity (Wildman–Crippen MR) is 46.2 cm³/mol. The van der Waals surface area contributed by atoms with Crippen molar-refractivity contribution in [2.24, 2.45) is 17.0 Å². The molecule has 0 saturated carbocycles. The topological polar surface area (TPSA) is 107 Å². The fourth-order valence-corrected chi connectivity index (χ4v) is 0.815. The number of hydrazine groups is 1. The molecule has 0 aromatic rings. The second-order valence-electron chi connectivity index (χ2n) is 3.69. The van der Waals surface area contributed by atoms with E-state index in [2.05, 4.69) is 4.74 Å². The van der Waals surface area contributed by atoms with Gasteiger partial charge in [-0.2, -0.15) is 0 Å². The third-order valence-corrected chi connectivity index (χ3v) is 1.40. The van der Waals surface area contributed by atoms with Crippen LogP contribution >= 0.6 is 0 Å². The summed E-state index contributed by atoms with van der Waals surface area (Å²) in [7, 11) is 0. The van der Waals surface area contributed by atoms with Crippen LogP contribution in [-0.2, 0) is 9.53 Å². The van der Waals surface area contributed by atoms with Gasteiger partial charge in [-0.1, -0.05) is 20.8 Å². The number of hydrogen-bond donors (Lipinski definition) is 3. The second kappa shape index (κ2) is 4.08. The molecule has 0 aliphatic heterocycles. The standard InChI is InChI=1S/C7H15N3O3/c1-7(2,3)4(5(11)10-9)13-6(8)12/h4H,9H2,1-3H3,(H2,8,12)(H,10,11)/t4-/m1/s1. The maximum atomic E-state index is 11.1. The first kappa shape index (κ1) is 11.7. The van der Waals surface area contributed by atoms with Gasteiger partial charge in [-0.25, -0.2) is 10.6 Å². The molecule has 0 unspecified atom stereocenters. The van der Waals surface area contributed by atoms with E-state index < -0.39 is 23.5 Å². The van der Waals surface area contributed by atoms with Gasteiger partial charge >= 0.3 is 6.09 Å². The number of amides is 2. The zero-order valence-electron chi connectivity index (χ0n) is 7.96. The number of carbonyl (C=O) groups excluding carboxylic acids is 2. The number of hydrogen-bond acceptors (Lipinski definition) is 4. The molecule has 0 bridgehead atoms. The molecule has 0 heterocycles. The smallest absolute Gasteiger partial charge is 0.405 e. The number of ether oxygens (including phenoxy) is 1. The molecular weight excluding hydrogens is 174 g/mol. The Hall–Kier alpha value is -1.30. The zero-order valence-corrected chi connectivity index (χ0v) is 7.96. The maximum Gasteiger partial charge on any atom is 0.405 e. The lowest BCUT2D eigenvalue weighted by molar-refractivity contribution is -0.134. The molecule has 0 aromatic carbocycles. The van der Waals surface area contributed by atoms with Crippen molar-refractivity contribution in [2.45, 2.75) is 26.9 Å². The number of rotatable bonds is 2. The van der Waals surface area contributed by atoms with Gasteiger partial charge in [-0.3, -0.25) is 10.2 Å². The first-order valence-corrected chi connectivity index (χ1v) is 3.75. The first-order valence-electron chi connectivity index (χ1n) is 3.75. The molecule has 13 heavy (non-hydrogen) atoms. The van der Waals surface area contributed by atoms with E-state index in [0.717, 1.165) is 0 Å². The molecule has 2 amide bonds. The molecule has 0 aliphatic carbocycles. The lowest BCUT2D eigenvalue weighted by Gasteiger charge is -2.27. The molecule has 0 aliphatic rings. The molecule has 1 atom stereocenters. The van der Waals surface area contributed by atoms with E-state index in [0.29, 0.717) is 0 Å².